The van der Waals surface area contributed by atoms with Crippen LogP contribution >= 0.6 is 0 Å². The van der Waals surface area contributed by atoms with Crippen LogP contribution in [0.25, 0.3) is 0 Å². The van der Waals surface area contributed by atoms with Gasteiger partial charge in [-0.2, -0.15) is 0 Å². The molecule has 0 bridgehead atoms. The number of nitrogens with one attached hydrogen (secondary N) is 1. The van der Waals surface area contributed by atoms with Gasteiger partial charge in [0.15, 0.2) is 0 Å². The molecule has 1 N–H and O–H groups in total. The van der Waals surface area contributed by atoms with Crippen molar-refractivity contribution in [2.45, 2.75) is 26.3 Å². The Morgan fingerprint density at radius 1 is 1.64 bits per heavy atom. The number of nitrogens with zero attached hydrogens (tertiary/aromatic N) is 1. The smallest absolute Gasteiger partial charge is 0.00387 e. The second-order valence-electron chi connectivity index (χ2n) is 3.80. The fourth-order valence-corrected chi connectivity index (χ4v) is 1.79. The summed E-state index contributed by atoms with van der Waals surface area (Å²) < 4.78 is 0. The summed E-state index contributed by atoms with van der Waals surface area (Å²) in [5.41, 5.74) is 0. The Balaban J connectivity index is 0.00000121. The van der Waals surface area contributed by atoms with E-state index in [-0.39, 0.29) is 1.43 Å². The van der Waals surface area contributed by atoms with E-state index >= 15 is 0 Å². The molecule has 0 unspecified atom stereocenters. The Morgan fingerprint density at radius 3 is 2.82 bits per heavy atom. The summed E-state index contributed by atoms with van der Waals surface area (Å²) in [5.74, 6) is 0.891. The molecule has 0 spiro atoms. The number of hydrogen-bond donors (Lipinski definition) is 1. The molecule has 0 aliphatic carbocycles. The zero-order valence-electron chi connectivity index (χ0n) is 7.93. The molecule has 0 saturated carbocycles. The molecule has 0 aromatic heterocycles. The maximum atomic E-state index is 3.24. The van der Waals surface area contributed by atoms with Gasteiger partial charge in [0.2, 0.25) is 0 Å². The molecule has 1 heterocycles. The van der Waals surface area contributed by atoms with E-state index < -0.39 is 0 Å². The Kier molecular flexibility index (Phi) is 3.34. The first kappa shape index (κ1) is 9.01. The summed E-state index contributed by atoms with van der Waals surface area (Å²) in [6.07, 6.45) is 1.37. The van der Waals surface area contributed by atoms with Gasteiger partial charge in [0, 0.05) is 14.0 Å². The maximum absolute atomic E-state index is 3.24. The lowest BCUT2D eigenvalue weighted by Gasteiger charge is -2.20. The minimum absolute atomic E-state index is 0. The zero-order valence-corrected chi connectivity index (χ0v) is 7.93. The van der Waals surface area contributed by atoms with E-state index in [4.69, 9.17) is 0 Å². The van der Waals surface area contributed by atoms with Crippen molar-refractivity contribution < 1.29 is 1.43 Å². The number of rotatable bonds is 3. The second kappa shape index (κ2) is 4.07. The predicted octanol–water partition coefficient (Wildman–Crippen LogP) is 1.18. The summed E-state index contributed by atoms with van der Waals surface area (Å²) in [7, 11) is 2.04. The monoisotopic (exact) mass is 158 g/mol. The standard InChI is InChI=1S/C9H20N2.H2/c1-8(2)11-5-4-9(7-11)6-10-3;/h8-10H,4-7H2,1-3H3;1H/t9-;/m1./s1. The SMILES string of the molecule is CNC[C@H]1CCN(C(C)C)C1.[HH]. The molecular weight excluding hydrogens is 136 g/mol. The van der Waals surface area contributed by atoms with Gasteiger partial charge in [-0.15, -0.1) is 0 Å². The summed E-state index contributed by atoms with van der Waals surface area (Å²) >= 11 is 0. The first-order chi connectivity index (χ1) is 5.24. The number of hydrogen-bond acceptors (Lipinski definition) is 2. The molecule has 0 amide bonds. The lowest BCUT2D eigenvalue weighted by molar-refractivity contribution is 0.264. The van der Waals surface area contributed by atoms with E-state index in [0.29, 0.717) is 0 Å². The summed E-state index contributed by atoms with van der Waals surface area (Å²) in [4.78, 5) is 2.56. The van der Waals surface area contributed by atoms with Crippen LogP contribution in [0.2, 0.25) is 0 Å². The van der Waals surface area contributed by atoms with Crippen molar-refractivity contribution in [1.82, 2.24) is 10.2 Å². The van der Waals surface area contributed by atoms with Gasteiger partial charge in [0.05, 0.1) is 0 Å². The zero-order chi connectivity index (χ0) is 8.27. The second-order valence-corrected chi connectivity index (χ2v) is 3.80. The van der Waals surface area contributed by atoms with Crippen LogP contribution in [0.3, 0.4) is 0 Å². The molecule has 1 saturated heterocycles. The van der Waals surface area contributed by atoms with Crippen molar-refractivity contribution in [2.24, 2.45) is 5.92 Å². The molecular formula is C9H22N2. The van der Waals surface area contributed by atoms with Gasteiger partial charge in [-0.3, -0.25) is 0 Å². The Hall–Kier alpha value is -0.0800. The maximum Gasteiger partial charge on any atom is 0.00387 e. The van der Waals surface area contributed by atoms with E-state index in [2.05, 4.69) is 24.1 Å². The Bertz CT molecular complexity index is 117. The first-order valence-electron chi connectivity index (χ1n) is 4.62. The lowest BCUT2D eigenvalue weighted by Crippen LogP contribution is -2.29. The highest BCUT2D eigenvalue weighted by Gasteiger charge is 2.22. The number of likely N-dealkylation sites (tertiary alicyclic amines) is 1. The molecule has 0 aromatic carbocycles. The van der Waals surface area contributed by atoms with Gasteiger partial charge in [-0.25, -0.2) is 0 Å². The molecule has 1 aliphatic heterocycles. The van der Waals surface area contributed by atoms with Crippen LogP contribution < -0.4 is 5.32 Å². The van der Waals surface area contributed by atoms with Crippen LogP contribution in [-0.2, 0) is 0 Å². The van der Waals surface area contributed by atoms with Gasteiger partial charge in [-0.05, 0) is 46.3 Å². The quantitative estimate of drug-likeness (QED) is 0.663. The van der Waals surface area contributed by atoms with Gasteiger partial charge in [0.25, 0.3) is 0 Å². The topological polar surface area (TPSA) is 15.3 Å². The highest BCUT2D eigenvalue weighted by molar-refractivity contribution is 4.78. The van der Waals surface area contributed by atoms with E-state index in [1.54, 1.807) is 0 Å². The van der Waals surface area contributed by atoms with Crippen molar-refractivity contribution in [2.75, 3.05) is 26.7 Å². The summed E-state index contributed by atoms with van der Waals surface area (Å²) in [5, 5.41) is 3.24. The minimum atomic E-state index is 0. The van der Waals surface area contributed by atoms with Crippen molar-refractivity contribution in [3.8, 4) is 0 Å². The normalized spacial score (nSPS) is 26.7. The first-order valence-corrected chi connectivity index (χ1v) is 4.62. The van der Waals surface area contributed by atoms with E-state index in [1.165, 1.54) is 26.1 Å². The van der Waals surface area contributed by atoms with Crippen molar-refractivity contribution >= 4 is 0 Å². The molecule has 1 rings (SSSR count). The third kappa shape index (κ3) is 2.46. The van der Waals surface area contributed by atoms with Crippen molar-refractivity contribution in [3.05, 3.63) is 0 Å². The highest BCUT2D eigenvalue weighted by Crippen LogP contribution is 2.17. The van der Waals surface area contributed by atoms with Crippen LogP contribution in [0.1, 0.15) is 21.7 Å². The highest BCUT2D eigenvalue weighted by atomic mass is 15.2. The van der Waals surface area contributed by atoms with Gasteiger partial charge in [0.1, 0.15) is 0 Å². The molecule has 11 heavy (non-hydrogen) atoms. The Morgan fingerprint density at radius 2 is 2.36 bits per heavy atom. The molecule has 1 fully saturated rings. The van der Waals surface area contributed by atoms with Crippen LogP contribution in [0, 0.1) is 5.92 Å². The summed E-state index contributed by atoms with van der Waals surface area (Å²) in [6, 6.07) is 0.733. The lowest BCUT2D eigenvalue weighted by atomic mass is 10.1. The Labute approximate surface area is 71.4 Å². The van der Waals surface area contributed by atoms with Crippen molar-refractivity contribution in [3.63, 3.8) is 0 Å². The van der Waals surface area contributed by atoms with E-state index in [1.807, 2.05) is 7.05 Å². The molecule has 1 atom stereocenters. The van der Waals surface area contributed by atoms with Crippen LogP contribution in [0.4, 0.5) is 0 Å². The minimum Gasteiger partial charge on any atom is -0.319 e. The molecule has 2 heteroatoms. The van der Waals surface area contributed by atoms with Gasteiger partial charge < -0.3 is 10.2 Å². The molecule has 0 radical (unpaired) electrons. The predicted molar refractivity (Wildman–Crippen MR) is 50.9 cm³/mol. The van der Waals surface area contributed by atoms with Crippen molar-refractivity contribution in [1.29, 1.82) is 0 Å². The molecule has 2 nitrogen and oxygen atoms in total. The van der Waals surface area contributed by atoms with Crippen LogP contribution in [-0.4, -0.2) is 37.6 Å². The average molecular weight is 158 g/mol. The third-order valence-corrected chi connectivity index (χ3v) is 2.54. The fourth-order valence-electron chi connectivity index (χ4n) is 1.79. The molecule has 0 aromatic rings. The van der Waals surface area contributed by atoms with Gasteiger partial charge >= 0.3 is 0 Å². The largest absolute Gasteiger partial charge is 0.319 e. The van der Waals surface area contributed by atoms with Gasteiger partial charge in [-0.1, -0.05) is 0 Å². The molecule has 68 valence electrons. The van der Waals surface area contributed by atoms with Crippen LogP contribution in [0.5, 0.6) is 0 Å². The van der Waals surface area contributed by atoms with Crippen LogP contribution in [0.15, 0.2) is 0 Å². The van der Waals surface area contributed by atoms with E-state index in [0.717, 1.165) is 12.0 Å². The van der Waals surface area contributed by atoms with E-state index in [9.17, 15) is 0 Å². The molecule has 1 aliphatic rings. The third-order valence-electron chi connectivity index (χ3n) is 2.54. The average Bonchev–Trinajstić information content (AvgIpc) is 2.37. The fraction of sp³-hybridized carbons (Fsp3) is 1.00. The summed E-state index contributed by atoms with van der Waals surface area (Å²) in [6.45, 7) is 8.33.